The number of aliphatic hydroxyl groups is 2. The van der Waals surface area contributed by atoms with Crippen LogP contribution in [0.1, 0.15) is 55.2 Å². The minimum Gasteiger partial charge on any atom is -0.493 e. The second-order valence-corrected chi connectivity index (χ2v) is 12.3. The van der Waals surface area contributed by atoms with Gasteiger partial charge >= 0.3 is 11.9 Å². The van der Waals surface area contributed by atoms with E-state index in [1.54, 1.807) is 26.0 Å². The lowest BCUT2D eigenvalue weighted by Crippen LogP contribution is -2.62. The maximum Gasteiger partial charge on any atom is 0.311 e. The van der Waals surface area contributed by atoms with Crippen molar-refractivity contribution in [2.24, 2.45) is 11.8 Å². The van der Waals surface area contributed by atoms with E-state index >= 15 is 0 Å². The Morgan fingerprint density at radius 1 is 0.935 bits per heavy atom. The number of benzene rings is 2. The Hall–Kier alpha value is -3.62. The van der Waals surface area contributed by atoms with Crippen molar-refractivity contribution < 1.29 is 62.4 Å². The molecular formula is C33H38O13. The molecule has 0 bridgehead atoms. The van der Waals surface area contributed by atoms with Gasteiger partial charge in [-0.05, 0) is 60.2 Å². The Labute approximate surface area is 265 Å². The second-order valence-electron chi connectivity index (χ2n) is 12.3. The minimum atomic E-state index is -1.23. The molecular weight excluding hydrogens is 604 g/mol. The molecule has 2 N–H and O–H groups in total. The van der Waals surface area contributed by atoms with Gasteiger partial charge in [-0.2, -0.15) is 0 Å². The number of esters is 2. The van der Waals surface area contributed by atoms with Crippen LogP contribution in [-0.2, 0) is 28.5 Å². The molecule has 3 saturated heterocycles. The van der Waals surface area contributed by atoms with Crippen LogP contribution in [0.15, 0.2) is 24.3 Å². The molecule has 13 nitrogen and oxygen atoms in total. The van der Waals surface area contributed by atoms with Crippen LogP contribution < -0.4 is 23.7 Å². The van der Waals surface area contributed by atoms with Gasteiger partial charge in [-0.25, -0.2) is 0 Å². The molecule has 2 unspecified atom stereocenters. The fraction of sp³-hybridized carbons (Fsp3) is 0.576. The maximum absolute atomic E-state index is 13.6. The molecule has 7 rings (SSSR count). The Morgan fingerprint density at radius 2 is 1.63 bits per heavy atom. The molecule has 4 aliphatic heterocycles. The number of cyclic esters (lactones) is 1. The van der Waals surface area contributed by atoms with Gasteiger partial charge in [0.1, 0.15) is 24.4 Å². The first kappa shape index (κ1) is 31.0. The second kappa shape index (κ2) is 12.2. The summed E-state index contributed by atoms with van der Waals surface area (Å²) in [7, 11) is 2.93. The highest BCUT2D eigenvalue weighted by molar-refractivity contribution is 5.79. The molecule has 1 aliphatic carbocycles. The predicted octanol–water partition coefficient (Wildman–Crippen LogP) is 2.41. The van der Waals surface area contributed by atoms with Crippen LogP contribution in [0.5, 0.6) is 28.7 Å². The zero-order chi connectivity index (χ0) is 32.3. The van der Waals surface area contributed by atoms with Gasteiger partial charge in [-0.3, -0.25) is 9.59 Å². The third-order valence-electron chi connectivity index (χ3n) is 9.80. The number of carbonyl (C=O) groups is 2. The highest BCUT2D eigenvalue weighted by Crippen LogP contribution is 2.57. The van der Waals surface area contributed by atoms with E-state index in [4.69, 9.17) is 42.6 Å². The van der Waals surface area contributed by atoms with Crippen molar-refractivity contribution >= 4 is 11.9 Å². The number of fused-ring (bicyclic) bond motifs is 4. The summed E-state index contributed by atoms with van der Waals surface area (Å²) in [5.74, 6) is -0.796. The van der Waals surface area contributed by atoms with Crippen molar-refractivity contribution in [3.05, 3.63) is 41.0 Å². The normalized spacial score (nSPS) is 34.2. The molecule has 0 radical (unpaired) electrons. The van der Waals surface area contributed by atoms with E-state index in [0.717, 1.165) is 11.1 Å². The fourth-order valence-corrected chi connectivity index (χ4v) is 7.60. The first-order chi connectivity index (χ1) is 22.2. The molecule has 0 aromatic heterocycles. The van der Waals surface area contributed by atoms with Crippen molar-refractivity contribution in [1.29, 1.82) is 0 Å². The topological polar surface area (TPSA) is 158 Å². The number of aliphatic hydroxyl groups excluding tert-OH is 2. The monoisotopic (exact) mass is 642 g/mol. The van der Waals surface area contributed by atoms with Crippen molar-refractivity contribution in [1.82, 2.24) is 0 Å². The number of rotatable bonds is 7. The van der Waals surface area contributed by atoms with Crippen molar-refractivity contribution in [3.63, 3.8) is 0 Å². The first-order valence-electron chi connectivity index (χ1n) is 15.6. The Bertz CT molecular complexity index is 1480. The smallest absolute Gasteiger partial charge is 0.311 e. The lowest BCUT2D eigenvalue weighted by molar-refractivity contribution is -0.321. The molecule has 10 atom stereocenters. The average molecular weight is 643 g/mol. The Kier molecular flexibility index (Phi) is 8.22. The number of methoxy groups -OCH3 is 2. The third kappa shape index (κ3) is 5.14. The van der Waals surface area contributed by atoms with Crippen molar-refractivity contribution in [3.8, 4) is 28.7 Å². The first-order valence-corrected chi connectivity index (χ1v) is 15.6. The number of hydrogen-bond donors (Lipinski definition) is 2. The van der Waals surface area contributed by atoms with E-state index in [1.807, 2.05) is 12.1 Å². The van der Waals surface area contributed by atoms with Crippen molar-refractivity contribution in [2.75, 3.05) is 34.2 Å². The molecule has 248 valence electrons. The Morgan fingerprint density at radius 3 is 2.30 bits per heavy atom. The zero-order valence-corrected chi connectivity index (χ0v) is 26.0. The fourth-order valence-electron chi connectivity index (χ4n) is 7.60. The predicted molar refractivity (Wildman–Crippen MR) is 156 cm³/mol. The summed E-state index contributed by atoms with van der Waals surface area (Å²) in [6.45, 7) is 3.85. The van der Waals surface area contributed by atoms with Crippen LogP contribution in [0.3, 0.4) is 0 Å². The molecule has 2 aromatic carbocycles. The summed E-state index contributed by atoms with van der Waals surface area (Å²) in [4.78, 5) is 25.8. The number of hydrogen-bond acceptors (Lipinski definition) is 13. The van der Waals surface area contributed by atoms with E-state index in [9.17, 15) is 19.8 Å². The molecule has 4 heterocycles. The highest BCUT2D eigenvalue weighted by atomic mass is 16.7. The standard InChI is InChI=1S/C33H38O13/c1-5-26(34)46-31-23(38-3)6-15(7-24(31)39-4)27-18-10-21-20(42-13-43-21)8-16(18)17(19-11-41-33(37)28(19)27)9-22-29(35)30(36)32-25(45-22)12-40-14(2)44-32/h6-8,10,14,17,19,22,25,27-30,32,35-36H,5,9,11-13H2,1-4H3/t14-,17-,19?,22+,25-,27-,28?,29+,30-,32-/m1/s1. The summed E-state index contributed by atoms with van der Waals surface area (Å²) in [5.41, 5.74) is 2.37. The molecule has 2 aromatic rings. The van der Waals surface area contributed by atoms with Gasteiger partial charge in [0, 0.05) is 18.3 Å². The van der Waals surface area contributed by atoms with Gasteiger partial charge in [0.25, 0.3) is 0 Å². The van der Waals surface area contributed by atoms with Gasteiger partial charge in [0.05, 0.1) is 39.5 Å². The molecule has 0 amide bonds. The minimum absolute atomic E-state index is 0.0553. The van der Waals surface area contributed by atoms with E-state index < -0.39 is 54.6 Å². The van der Waals surface area contributed by atoms with Crippen molar-refractivity contribution in [2.45, 2.75) is 75.3 Å². The average Bonchev–Trinajstić information content (AvgIpc) is 3.68. The molecule has 3 fully saturated rings. The van der Waals surface area contributed by atoms with Crippen LogP contribution in [0.4, 0.5) is 0 Å². The van der Waals surface area contributed by atoms with Crippen LogP contribution >= 0.6 is 0 Å². The van der Waals surface area contributed by atoms with Gasteiger partial charge < -0.3 is 52.8 Å². The molecule has 46 heavy (non-hydrogen) atoms. The third-order valence-corrected chi connectivity index (χ3v) is 9.80. The maximum atomic E-state index is 13.6. The SMILES string of the molecule is CCC(=O)Oc1c(OC)cc([C@@H]2c3cc4c(cc3[C@@H](C[C@@H]3O[C@@H]5CO[C@@H](C)O[C@H]5[C@H](O)[C@H]3O)C3COC(=O)C32)OCO4)cc1OC. The van der Waals surface area contributed by atoms with E-state index in [1.165, 1.54) is 14.2 Å². The summed E-state index contributed by atoms with van der Waals surface area (Å²) in [5, 5.41) is 22.3. The molecule has 13 heteroatoms. The quantitative estimate of drug-likeness (QED) is 0.336. The number of ether oxygens (including phenoxy) is 9. The van der Waals surface area contributed by atoms with Gasteiger partial charge in [0.15, 0.2) is 29.3 Å². The van der Waals surface area contributed by atoms with E-state index in [-0.39, 0.29) is 67.9 Å². The van der Waals surface area contributed by atoms with Gasteiger partial charge in [-0.15, -0.1) is 0 Å². The van der Waals surface area contributed by atoms with E-state index in [2.05, 4.69) is 0 Å². The van der Waals surface area contributed by atoms with Gasteiger partial charge in [-0.1, -0.05) is 6.92 Å². The summed E-state index contributed by atoms with van der Waals surface area (Å²) >= 11 is 0. The molecule has 0 saturated carbocycles. The molecule has 0 spiro atoms. The lowest BCUT2D eigenvalue weighted by atomic mass is 9.61. The summed E-state index contributed by atoms with van der Waals surface area (Å²) in [6.07, 6.45) is -4.56. The van der Waals surface area contributed by atoms with Crippen LogP contribution in [0, 0.1) is 11.8 Å². The largest absolute Gasteiger partial charge is 0.493 e. The Balaban J connectivity index is 1.31. The highest BCUT2D eigenvalue weighted by Gasteiger charge is 2.55. The van der Waals surface area contributed by atoms with Crippen LogP contribution in [0.25, 0.3) is 0 Å². The number of carbonyl (C=O) groups excluding carboxylic acids is 2. The zero-order valence-electron chi connectivity index (χ0n) is 26.0. The van der Waals surface area contributed by atoms with E-state index in [0.29, 0.717) is 17.1 Å². The lowest BCUT2D eigenvalue weighted by Gasteiger charge is -2.48. The summed E-state index contributed by atoms with van der Waals surface area (Å²) < 4.78 is 51.8. The molecule has 5 aliphatic rings. The summed E-state index contributed by atoms with van der Waals surface area (Å²) in [6, 6.07) is 7.30. The van der Waals surface area contributed by atoms with Gasteiger partial charge in [0.2, 0.25) is 12.5 Å². The van der Waals surface area contributed by atoms with Crippen LogP contribution in [-0.4, -0.2) is 93.2 Å². The van der Waals surface area contributed by atoms with Crippen LogP contribution in [0.2, 0.25) is 0 Å².